The Kier molecular flexibility index (Phi) is 4.32. The van der Waals surface area contributed by atoms with Crippen LogP contribution in [0.3, 0.4) is 0 Å². The summed E-state index contributed by atoms with van der Waals surface area (Å²) >= 11 is 3.65. The second-order valence-electron chi connectivity index (χ2n) is 8.55. The summed E-state index contributed by atoms with van der Waals surface area (Å²) in [6, 6.07) is 21.4. The molecule has 2 bridgehead atoms. The highest BCUT2D eigenvalue weighted by Crippen LogP contribution is 2.60. The van der Waals surface area contributed by atoms with Crippen LogP contribution in [0.4, 0.5) is 5.69 Å². The number of ether oxygens (including phenoxy) is 2. The Balaban J connectivity index is 1.18. The fraction of sp³-hybridized carbons (Fsp3) is 0.280. The van der Waals surface area contributed by atoms with Crippen LogP contribution in [0, 0.1) is 23.7 Å². The predicted octanol–water partition coefficient (Wildman–Crippen LogP) is 5.14. The number of halogens is 1. The van der Waals surface area contributed by atoms with Crippen molar-refractivity contribution in [3.63, 3.8) is 0 Å². The number of hydrogen-bond acceptors (Lipinski definition) is 4. The average Bonchev–Trinajstić information content (AvgIpc) is 3.40. The average molecular weight is 478 g/mol. The number of esters is 1. The van der Waals surface area contributed by atoms with E-state index in [-0.39, 0.29) is 46.5 Å². The van der Waals surface area contributed by atoms with Gasteiger partial charge in [-0.2, -0.15) is 0 Å². The van der Waals surface area contributed by atoms with Gasteiger partial charge in [0.1, 0.15) is 17.6 Å². The quantitative estimate of drug-likeness (QED) is 0.417. The summed E-state index contributed by atoms with van der Waals surface area (Å²) in [6.07, 6.45) is 0.796. The van der Waals surface area contributed by atoms with E-state index in [1.807, 2.05) is 54.6 Å². The molecule has 6 rings (SSSR count). The first-order valence-electron chi connectivity index (χ1n) is 10.5. The molecule has 3 fully saturated rings. The number of benzene rings is 3. The zero-order chi connectivity index (χ0) is 21.1. The van der Waals surface area contributed by atoms with Crippen molar-refractivity contribution in [1.82, 2.24) is 0 Å². The Hall–Kier alpha value is -2.86. The van der Waals surface area contributed by atoms with Gasteiger partial charge in [-0.25, -0.2) is 0 Å². The van der Waals surface area contributed by atoms with Gasteiger partial charge >= 0.3 is 5.97 Å². The van der Waals surface area contributed by atoms with Crippen molar-refractivity contribution >= 4 is 44.3 Å². The molecule has 3 aromatic rings. The summed E-state index contributed by atoms with van der Waals surface area (Å²) in [5, 5.41) is 5.15. The predicted molar refractivity (Wildman–Crippen MR) is 120 cm³/mol. The number of amides is 1. The molecule has 31 heavy (non-hydrogen) atoms. The van der Waals surface area contributed by atoms with Gasteiger partial charge in [-0.1, -0.05) is 52.3 Å². The van der Waals surface area contributed by atoms with Crippen molar-refractivity contribution in [2.45, 2.75) is 17.4 Å². The van der Waals surface area contributed by atoms with E-state index in [2.05, 4.69) is 33.4 Å². The lowest BCUT2D eigenvalue weighted by atomic mass is 9.79. The summed E-state index contributed by atoms with van der Waals surface area (Å²) in [7, 11) is 0. The lowest BCUT2D eigenvalue weighted by Crippen LogP contribution is -2.40. The first-order chi connectivity index (χ1) is 15.1. The molecule has 2 aliphatic carbocycles. The van der Waals surface area contributed by atoms with Crippen LogP contribution in [-0.2, 0) is 14.3 Å². The lowest BCUT2D eigenvalue weighted by molar-refractivity contribution is -0.145. The van der Waals surface area contributed by atoms with Crippen LogP contribution in [0.15, 0.2) is 66.7 Å². The van der Waals surface area contributed by atoms with E-state index in [0.717, 1.165) is 22.9 Å². The molecule has 1 heterocycles. The molecule has 3 aromatic carbocycles. The maximum atomic E-state index is 13.0. The third-order valence-corrected chi connectivity index (χ3v) is 8.13. The Morgan fingerprint density at radius 1 is 1.00 bits per heavy atom. The molecule has 0 radical (unpaired) electrons. The molecule has 1 N–H and O–H groups in total. The second kappa shape index (κ2) is 7.09. The van der Waals surface area contributed by atoms with Crippen LogP contribution in [0.25, 0.3) is 10.8 Å². The topological polar surface area (TPSA) is 64.6 Å². The molecule has 0 spiro atoms. The van der Waals surface area contributed by atoms with Gasteiger partial charge in [-0.3, -0.25) is 9.59 Å². The Morgan fingerprint density at radius 3 is 2.61 bits per heavy atom. The van der Waals surface area contributed by atoms with Gasteiger partial charge in [0.15, 0.2) is 0 Å². The van der Waals surface area contributed by atoms with E-state index in [0.29, 0.717) is 11.4 Å². The highest BCUT2D eigenvalue weighted by atomic mass is 79.9. The van der Waals surface area contributed by atoms with Crippen LogP contribution in [0.2, 0.25) is 0 Å². The highest BCUT2D eigenvalue weighted by Gasteiger charge is 2.67. The molecule has 6 unspecified atom stereocenters. The summed E-state index contributed by atoms with van der Waals surface area (Å²) in [5.41, 5.74) is 0.687. The first-order valence-corrected chi connectivity index (χ1v) is 11.4. The zero-order valence-corrected chi connectivity index (χ0v) is 18.1. The largest absolute Gasteiger partial charge is 0.461 e. The highest BCUT2D eigenvalue weighted by molar-refractivity contribution is 9.09. The normalized spacial score (nSPS) is 30.4. The molecule has 3 aliphatic rings. The second-order valence-corrected chi connectivity index (χ2v) is 9.61. The van der Waals surface area contributed by atoms with Crippen LogP contribution in [0.5, 0.6) is 11.5 Å². The van der Waals surface area contributed by atoms with Crippen LogP contribution in [0.1, 0.15) is 6.42 Å². The number of hydrogen-bond donors (Lipinski definition) is 1. The zero-order valence-electron chi connectivity index (χ0n) is 16.5. The standard InChI is InChI=1S/C25H20BrNO4/c26-22-17-12-18-21(25(29)31-23(18)22)20(17)24(28)27-14-8-10-15(11-9-14)30-19-7-3-5-13-4-1-2-6-16(13)19/h1-11,17-18,20-23H,12H2,(H,27,28). The van der Waals surface area contributed by atoms with Crippen molar-refractivity contribution < 1.29 is 19.1 Å². The van der Waals surface area contributed by atoms with E-state index < -0.39 is 0 Å². The third kappa shape index (κ3) is 2.96. The molecule has 0 aromatic heterocycles. The number of rotatable bonds is 4. The monoisotopic (exact) mass is 477 g/mol. The molecule has 156 valence electrons. The molecule has 1 amide bonds. The molecular formula is C25H20BrNO4. The number of alkyl halides is 1. The van der Waals surface area contributed by atoms with Gasteiger partial charge in [0.05, 0.1) is 16.7 Å². The van der Waals surface area contributed by atoms with Gasteiger partial charge in [0.2, 0.25) is 5.91 Å². The molecular weight excluding hydrogens is 458 g/mol. The Morgan fingerprint density at radius 2 is 1.77 bits per heavy atom. The van der Waals surface area contributed by atoms with Gasteiger partial charge < -0.3 is 14.8 Å². The molecule has 6 atom stereocenters. The number of fused-ring (bicyclic) bond motifs is 2. The van der Waals surface area contributed by atoms with Crippen LogP contribution >= 0.6 is 15.9 Å². The third-order valence-electron chi connectivity index (χ3n) is 6.93. The van der Waals surface area contributed by atoms with Crippen molar-refractivity contribution in [2.75, 3.05) is 5.32 Å². The van der Waals surface area contributed by atoms with E-state index in [1.54, 1.807) is 0 Å². The van der Waals surface area contributed by atoms with Crippen LogP contribution < -0.4 is 10.1 Å². The molecule has 1 aliphatic heterocycles. The minimum absolute atomic E-state index is 0.0624. The first kappa shape index (κ1) is 18.9. The van der Waals surface area contributed by atoms with Crippen molar-refractivity contribution in [1.29, 1.82) is 0 Å². The van der Waals surface area contributed by atoms with Crippen molar-refractivity contribution in [3.05, 3.63) is 66.7 Å². The molecule has 6 heteroatoms. The van der Waals surface area contributed by atoms with Gasteiger partial charge in [0.25, 0.3) is 0 Å². The van der Waals surface area contributed by atoms with Gasteiger partial charge in [-0.15, -0.1) is 0 Å². The summed E-state index contributed by atoms with van der Waals surface area (Å²) in [6.45, 7) is 0. The van der Waals surface area contributed by atoms with Crippen molar-refractivity contribution in [3.8, 4) is 11.5 Å². The van der Waals surface area contributed by atoms with Gasteiger partial charge in [-0.05, 0) is 48.1 Å². The minimum atomic E-state index is -0.341. The minimum Gasteiger partial charge on any atom is -0.461 e. The number of carbonyl (C=O) groups excluding carboxylic acids is 2. The van der Waals surface area contributed by atoms with Crippen LogP contribution in [-0.4, -0.2) is 22.8 Å². The molecule has 1 saturated heterocycles. The molecule has 5 nitrogen and oxygen atoms in total. The fourth-order valence-corrected chi connectivity index (χ4v) is 6.62. The smallest absolute Gasteiger partial charge is 0.310 e. The van der Waals surface area contributed by atoms with Crippen molar-refractivity contribution in [2.24, 2.45) is 23.7 Å². The van der Waals surface area contributed by atoms with Gasteiger partial charge in [0, 0.05) is 17.0 Å². The molecule has 2 saturated carbocycles. The maximum Gasteiger partial charge on any atom is 0.310 e. The Bertz CT molecular complexity index is 1190. The Labute approximate surface area is 187 Å². The fourth-order valence-electron chi connectivity index (χ4n) is 5.57. The van der Waals surface area contributed by atoms with E-state index in [9.17, 15) is 9.59 Å². The van der Waals surface area contributed by atoms with E-state index >= 15 is 0 Å². The van der Waals surface area contributed by atoms with E-state index in [1.165, 1.54) is 0 Å². The summed E-state index contributed by atoms with van der Waals surface area (Å²) in [5.74, 6) is 0.798. The number of anilines is 1. The lowest BCUT2D eigenvalue weighted by Gasteiger charge is -2.27. The summed E-state index contributed by atoms with van der Waals surface area (Å²) < 4.78 is 11.6. The SMILES string of the molecule is O=C(Nc1ccc(Oc2cccc3ccccc23)cc1)C1C2CC3C(OC(=O)C31)C2Br. The van der Waals surface area contributed by atoms with E-state index in [4.69, 9.17) is 9.47 Å². The summed E-state index contributed by atoms with van der Waals surface area (Å²) in [4.78, 5) is 25.4. The number of nitrogens with one attached hydrogen (secondary N) is 1. The maximum absolute atomic E-state index is 13.0. The number of carbonyl (C=O) groups is 2.